The van der Waals surface area contributed by atoms with E-state index < -0.39 is 6.85 Å². The van der Waals surface area contributed by atoms with Gasteiger partial charge < -0.3 is 4.42 Å². The SMILES string of the molecule is [2H]c1c(C([2H])([2H])[2H])ccc(-c2c(C)ccc3c2oc2c(-c4cccc(-c5ccc(C(C)(C)C)cc5)c4)c(F)ccc23)[n+]1C. The van der Waals surface area contributed by atoms with Crippen LogP contribution in [-0.4, -0.2) is 0 Å². The van der Waals surface area contributed by atoms with E-state index in [1.54, 1.807) is 23.7 Å². The number of rotatable bonds is 3. The molecule has 0 unspecified atom stereocenters. The highest BCUT2D eigenvalue weighted by atomic mass is 19.1. The van der Waals surface area contributed by atoms with E-state index in [9.17, 15) is 0 Å². The van der Waals surface area contributed by atoms with E-state index >= 15 is 4.39 Å². The molecule has 6 aromatic rings. The van der Waals surface area contributed by atoms with Crippen LogP contribution in [0.3, 0.4) is 0 Å². The van der Waals surface area contributed by atoms with Gasteiger partial charge in [-0.3, -0.25) is 0 Å². The highest BCUT2D eigenvalue weighted by Gasteiger charge is 2.23. The van der Waals surface area contributed by atoms with Crippen molar-refractivity contribution in [3.05, 3.63) is 114 Å². The molecule has 2 heterocycles. The van der Waals surface area contributed by atoms with Crippen LogP contribution in [0.5, 0.6) is 0 Å². The second-order valence-electron chi connectivity index (χ2n) is 11.2. The van der Waals surface area contributed by atoms with Crippen LogP contribution >= 0.6 is 0 Å². The van der Waals surface area contributed by atoms with Crippen molar-refractivity contribution in [2.45, 2.75) is 40.0 Å². The smallest absolute Gasteiger partial charge is 0.216 e. The Morgan fingerprint density at radius 3 is 2.21 bits per heavy atom. The first-order valence-corrected chi connectivity index (χ1v) is 13.1. The molecule has 0 aliphatic rings. The fourth-order valence-electron chi connectivity index (χ4n) is 5.39. The van der Waals surface area contributed by atoms with Gasteiger partial charge in [0, 0.05) is 26.5 Å². The number of hydrogen-bond acceptors (Lipinski definition) is 1. The first kappa shape index (κ1) is 20.7. The predicted octanol–water partition coefficient (Wildman–Crippen LogP) is 9.46. The van der Waals surface area contributed by atoms with Crippen molar-refractivity contribution in [2.75, 3.05) is 0 Å². The molecule has 0 aliphatic heterocycles. The van der Waals surface area contributed by atoms with Crippen molar-refractivity contribution >= 4 is 21.9 Å². The third-order valence-electron chi connectivity index (χ3n) is 7.52. The van der Waals surface area contributed by atoms with Gasteiger partial charge in [-0.05, 0) is 71.3 Å². The van der Waals surface area contributed by atoms with Gasteiger partial charge in [0.1, 0.15) is 25.4 Å². The van der Waals surface area contributed by atoms with Crippen molar-refractivity contribution in [3.8, 4) is 33.5 Å². The quantitative estimate of drug-likeness (QED) is 0.213. The number of halogens is 1. The Labute approximate surface area is 235 Å². The molecule has 2 nitrogen and oxygen atoms in total. The molecule has 4 aromatic carbocycles. The Morgan fingerprint density at radius 2 is 1.49 bits per heavy atom. The molecule has 2 aromatic heterocycles. The van der Waals surface area contributed by atoms with Crippen LogP contribution in [-0.2, 0) is 12.5 Å². The van der Waals surface area contributed by atoms with Crippen LogP contribution in [0, 0.1) is 19.6 Å². The number of furan rings is 1. The van der Waals surface area contributed by atoms with Crippen molar-refractivity contribution in [1.29, 1.82) is 0 Å². The molecule has 0 atom stereocenters. The Balaban J connectivity index is 1.54. The summed E-state index contributed by atoms with van der Waals surface area (Å²) in [6.45, 7) is 6.10. The lowest BCUT2D eigenvalue weighted by atomic mass is 9.86. The maximum atomic E-state index is 15.7. The molecule has 0 bridgehead atoms. The van der Waals surface area contributed by atoms with E-state index in [2.05, 4.69) is 45.0 Å². The summed E-state index contributed by atoms with van der Waals surface area (Å²) in [5, 5.41) is 1.60. The van der Waals surface area contributed by atoms with E-state index in [0.717, 1.165) is 33.0 Å². The number of hydrogen-bond donors (Lipinski definition) is 0. The molecule has 39 heavy (non-hydrogen) atoms. The van der Waals surface area contributed by atoms with Gasteiger partial charge >= 0.3 is 0 Å². The molecule has 6 rings (SSSR count). The lowest BCUT2D eigenvalue weighted by Crippen LogP contribution is -2.31. The highest BCUT2D eigenvalue weighted by molar-refractivity contribution is 6.13. The second kappa shape index (κ2) is 9.20. The lowest BCUT2D eigenvalue weighted by molar-refractivity contribution is -0.660. The summed E-state index contributed by atoms with van der Waals surface area (Å²) in [4.78, 5) is 0. The molecule has 0 saturated carbocycles. The van der Waals surface area contributed by atoms with Gasteiger partial charge in [0.15, 0.2) is 6.17 Å². The number of aryl methyl sites for hydroxylation is 2. The predicted molar refractivity (Wildman–Crippen MR) is 159 cm³/mol. The summed E-state index contributed by atoms with van der Waals surface area (Å²) >= 11 is 0. The number of aromatic nitrogens is 1. The zero-order valence-electron chi connectivity index (χ0n) is 26.8. The van der Waals surface area contributed by atoms with Crippen LogP contribution in [0.15, 0.2) is 95.5 Å². The Hall–Kier alpha value is -4.24. The number of benzene rings is 4. The van der Waals surface area contributed by atoms with Crippen molar-refractivity contribution in [1.82, 2.24) is 0 Å². The summed E-state index contributed by atoms with van der Waals surface area (Å²) in [6.07, 6.45) is -0.0934. The van der Waals surface area contributed by atoms with Crippen LogP contribution < -0.4 is 4.57 Å². The van der Waals surface area contributed by atoms with Crippen molar-refractivity contribution in [3.63, 3.8) is 0 Å². The Kier molecular flexibility index (Phi) is 4.88. The molecule has 0 aliphatic carbocycles. The summed E-state index contributed by atoms with van der Waals surface area (Å²) < 4.78 is 55.8. The summed E-state index contributed by atoms with van der Waals surface area (Å²) in [5.74, 6) is -0.383. The molecule has 0 spiro atoms. The molecule has 0 radical (unpaired) electrons. The van der Waals surface area contributed by atoms with Gasteiger partial charge in [0.2, 0.25) is 5.69 Å². The van der Waals surface area contributed by atoms with Gasteiger partial charge in [0.25, 0.3) is 0 Å². The summed E-state index contributed by atoms with van der Waals surface area (Å²) in [6, 6.07) is 26.7. The number of pyridine rings is 1. The minimum absolute atomic E-state index is 0.0227. The Bertz CT molecular complexity index is 2030. The molecular formula is C36H33FNO+. The third-order valence-corrected chi connectivity index (χ3v) is 7.52. The zero-order valence-corrected chi connectivity index (χ0v) is 22.8. The third kappa shape index (κ3) is 4.32. The molecule has 0 amide bonds. The topological polar surface area (TPSA) is 17.0 Å². The van der Waals surface area contributed by atoms with Gasteiger partial charge in [-0.1, -0.05) is 75.4 Å². The van der Waals surface area contributed by atoms with Crippen LogP contribution in [0.2, 0.25) is 0 Å². The van der Waals surface area contributed by atoms with Gasteiger partial charge in [-0.25, -0.2) is 8.96 Å². The van der Waals surface area contributed by atoms with Crippen molar-refractivity contribution in [2.24, 2.45) is 7.05 Å². The highest BCUT2D eigenvalue weighted by Crippen LogP contribution is 2.42. The first-order valence-electron chi connectivity index (χ1n) is 15.1. The standard InChI is InChI=1S/C36H33FNO/c1-22-10-19-31(38(6)21-22)32-23(2)11-16-28-29-17-18-30(37)33(35(29)39-34(28)32)26-9-7-8-25(20-26)24-12-14-27(15-13-24)36(3,4)5/h7-21H,1-6H3/q+1/i1D3,21D. The van der Waals surface area contributed by atoms with Crippen molar-refractivity contribution < 1.29 is 18.9 Å². The molecule has 0 saturated heterocycles. The zero-order chi connectivity index (χ0) is 30.8. The van der Waals surface area contributed by atoms with Gasteiger partial charge in [0.05, 0.1) is 11.1 Å². The minimum atomic E-state index is -2.40. The summed E-state index contributed by atoms with van der Waals surface area (Å²) in [5.41, 5.74) is 7.66. The molecule has 3 heteroatoms. The van der Waals surface area contributed by atoms with E-state index in [0.29, 0.717) is 28.0 Å². The average Bonchev–Trinajstić information content (AvgIpc) is 3.32. The van der Waals surface area contributed by atoms with Crippen LogP contribution in [0.4, 0.5) is 4.39 Å². The maximum Gasteiger partial charge on any atom is 0.216 e. The maximum absolute atomic E-state index is 15.7. The van der Waals surface area contributed by atoms with E-state index in [4.69, 9.17) is 9.90 Å². The monoisotopic (exact) mass is 518 g/mol. The lowest BCUT2D eigenvalue weighted by Gasteiger charge is -2.19. The van der Waals surface area contributed by atoms with E-state index in [1.165, 1.54) is 17.7 Å². The van der Waals surface area contributed by atoms with Gasteiger partial charge in [-0.2, -0.15) is 0 Å². The molecular weight excluding hydrogens is 481 g/mol. The Morgan fingerprint density at radius 1 is 0.795 bits per heavy atom. The first-order chi connectivity index (χ1) is 20.3. The molecule has 0 fully saturated rings. The van der Waals surface area contributed by atoms with Crippen LogP contribution in [0.1, 0.15) is 42.9 Å². The number of nitrogens with zero attached hydrogens (tertiary/aromatic N) is 1. The fourth-order valence-corrected chi connectivity index (χ4v) is 5.39. The largest absolute Gasteiger partial charge is 0.454 e. The van der Waals surface area contributed by atoms with Crippen LogP contribution in [0.25, 0.3) is 55.4 Å². The van der Waals surface area contributed by atoms with E-state index in [1.807, 2.05) is 43.3 Å². The molecule has 194 valence electrons. The molecule has 0 N–H and O–H groups in total. The number of fused-ring (bicyclic) bond motifs is 3. The fraction of sp³-hybridized carbons (Fsp3) is 0.194. The second-order valence-corrected chi connectivity index (χ2v) is 11.2. The minimum Gasteiger partial charge on any atom is -0.454 e. The van der Waals surface area contributed by atoms with E-state index in [-0.39, 0.29) is 23.0 Å². The van der Waals surface area contributed by atoms with Gasteiger partial charge in [-0.15, -0.1) is 0 Å². The normalized spacial score (nSPS) is 13.8. The summed E-state index contributed by atoms with van der Waals surface area (Å²) in [7, 11) is 1.68. The average molecular weight is 519 g/mol.